The first-order valence-electron chi connectivity index (χ1n) is 8.94. The number of hydrogen-bond donors (Lipinski definition) is 1. The van der Waals surface area contributed by atoms with Gasteiger partial charge in [0.05, 0.1) is 0 Å². The third-order valence-electron chi connectivity index (χ3n) is 5.95. The van der Waals surface area contributed by atoms with Gasteiger partial charge in [0.25, 0.3) is 0 Å². The average molecular weight is 285 g/mol. The van der Waals surface area contributed by atoms with Gasteiger partial charge in [0.1, 0.15) is 0 Å². The molecule has 116 valence electrons. The van der Waals surface area contributed by atoms with Gasteiger partial charge in [0.15, 0.2) is 0 Å². The van der Waals surface area contributed by atoms with Crippen LogP contribution in [0.3, 0.4) is 0 Å². The quantitative estimate of drug-likeness (QED) is 0.799. The molecule has 1 aromatic carbocycles. The highest BCUT2D eigenvalue weighted by Crippen LogP contribution is 2.44. The van der Waals surface area contributed by atoms with Gasteiger partial charge in [0.2, 0.25) is 0 Å². The molecule has 1 aromatic rings. The molecule has 1 nitrogen and oxygen atoms in total. The van der Waals surface area contributed by atoms with Crippen molar-refractivity contribution in [1.29, 1.82) is 0 Å². The van der Waals surface area contributed by atoms with Crippen molar-refractivity contribution in [2.75, 3.05) is 0 Å². The molecular formula is C20H31N. The molecule has 2 aliphatic carbocycles. The summed E-state index contributed by atoms with van der Waals surface area (Å²) in [6.07, 6.45) is 9.48. The third-order valence-corrected chi connectivity index (χ3v) is 5.95. The van der Waals surface area contributed by atoms with E-state index in [1.165, 1.54) is 44.9 Å². The maximum absolute atomic E-state index is 4.07. The number of rotatable bonds is 3. The highest BCUT2D eigenvalue weighted by Gasteiger charge is 2.37. The van der Waals surface area contributed by atoms with Gasteiger partial charge in [-0.3, -0.25) is 0 Å². The summed E-state index contributed by atoms with van der Waals surface area (Å²) < 4.78 is 0. The van der Waals surface area contributed by atoms with Crippen LogP contribution >= 0.6 is 0 Å². The topological polar surface area (TPSA) is 12.0 Å². The normalized spacial score (nSPS) is 31.7. The highest BCUT2D eigenvalue weighted by atomic mass is 15.0. The van der Waals surface area contributed by atoms with Crippen molar-refractivity contribution in [1.82, 2.24) is 5.32 Å². The van der Waals surface area contributed by atoms with Crippen LogP contribution in [0.25, 0.3) is 0 Å². The molecule has 0 saturated heterocycles. The van der Waals surface area contributed by atoms with Gasteiger partial charge in [0, 0.05) is 12.1 Å². The molecule has 0 amide bonds. The van der Waals surface area contributed by atoms with Gasteiger partial charge >= 0.3 is 0 Å². The first kappa shape index (κ1) is 15.1. The molecule has 2 aliphatic rings. The first-order chi connectivity index (χ1) is 10.1. The standard InChI is InChI=1S/C20H31N/c1-4-15-8-7-10-17(14-15)21-19-18-11-6-5-9-16(18)12-13-20(19,2)3/h5-6,9,11,15,17,19,21H,4,7-8,10,12-14H2,1-3H3. The van der Waals surface area contributed by atoms with Crippen LogP contribution in [-0.2, 0) is 6.42 Å². The van der Waals surface area contributed by atoms with Crippen LogP contribution in [-0.4, -0.2) is 6.04 Å². The summed E-state index contributed by atoms with van der Waals surface area (Å²) in [6.45, 7) is 7.24. The Labute approximate surface area is 130 Å². The largest absolute Gasteiger partial charge is 0.307 e. The Balaban J connectivity index is 1.79. The van der Waals surface area contributed by atoms with Crippen LogP contribution in [0.2, 0.25) is 0 Å². The van der Waals surface area contributed by atoms with E-state index in [0.29, 0.717) is 11.5 Å². The number of fused-ring (bicyclic) bond motifs is 1. The van der Waals surface area contributed by atoms with Gasteiger partial charge in [-0.05, 0) is 48.1 Å². The van der Waals surface area contributed by atoms with Gasteiger partial charge in [-0.15, -0.1) is 0 Å². The van der Waals surface area contributed by atoms with Crippen molar-refractivity contribution < 1.29 is 0 Å². The van der Waals surface area contributed by atoms with E-state index in [4.69, 9.17) is 0 Å². The zero-order chi connectivity index (χ0) is 14.9. The minimum Gasteiger partial charge on any atom is -0.307 e. The molecule has 1 heteroatoms. The van der Waals surface area contributed by atoms with E-state index < -0.39 is 0 Å². The second kappa shape index (κ2) is 6.12. The Hall–Kier alpha value is -0.820. The molecule has 3 unspecified atom stereocenters. The minimum absolute atomic E-state index is 0.369. The summed E-state index contributed by atoms with van der Waals surface area (Å²) in [4.78, 5) is 0. The fourth-order valence-electron chi connectivity index (χ4n) is 4.43. The second-order valence-electron chi connectivity index (χ2n) is 7.92. The molecule has 0 bridgehead atoms. The number of nitrogens with one attached hydrogen (secondary N) is 1. The Kier molecular flexibility index (Phi) is 4.40. The van der Waals surface area contributed by atoms with Crippen LogP contribution in [0, 0.1) is 11.3 Å². The Bertz CT molecular complexity index is 476. The van der Waals surface area contributed by atoms with E-state index in [-0.39, 0.29) is 0 Å². The highest BCUT2D eigenvalue weighted by molar-refractivity contribution is 5.34. The zero-order valence-corrected chi connectivity index (χ0v) is 14.0. The number of benzene rings is 1. The maximum atomic E-state index is 4.07. The molecule has 0 aliphatic heterocycles. The van der Waals surface area contributed by atoms with E-state index in [2.05, 4.69) is 50.4 Å². The Morgan fingerprint density at radius 1 is 1.19 bits per heavy atom. The van der Waals surface area contributed by atoms with Crippen molar-refractivity contribution >= 4 is 0 Å². The Morgan fingerprint density at radius 3 is 2.81 bits per heavy atom. The molecule has 21 heavy (non-hydrogen) atoms. The average Bonchev–Trinajstić information content (AvgIpc) is 2.50. The summed E-state index contributed by atoms with van der Waals surface area (Å²) >= 11 is 0. The predicted molar refractivity (Wildman–Crippen MR) is 90.5 cm³/mol. The second-order valence-corrected chi connectivity index (χ2v) is 7.92. The molecule has 1 N–H and O–H groups in total. The van der Waals surface area contributed by atoms with Crippen molar-refractivity contribution in [2.45, 2.75) is 77.8 Å². The number of aryl methyl sites for hydroxylation is 1. The van der Waals surface area contributed by atoms with E-state index in [9.17, 15) is 0 Å². The molecule has 3 rings (SSSR count). The zero-order valence-electron chi connectivity index (χ0n) is 14.0. The SMILES string of the molecule is CCC1CCCC(NC2c3ccccc3CCC2(C)C)C1. The van der Waals surface area contributed by atoms with Gasteiger partial charge < -0.3 is 5.32 Å². The molecule has 1 saturated carbocycles. The molecule has 0 radical (unpaired) electrons. The first-order valence-corrected chi connectivity index (χ1v) is 8.94. The maximum Gasteiger partial charge on any atom is 0.0376 e. The van der Waals surface area contributed by atoms with Crippen molar-refractivity contribution in [3.8, 4) is 0 Å². The summed E-state index contributed by atoms with van der Waals surface area (Å²) in [5, 5.41) is 4.07. The molecule has 1 fully saturated rings. The van der Waals surface area contributed by atoms with E-state index in [1.54, 1.807) is 11.1 Å². The lowest BCUT2D eigenvalue weighted by Gasteiger charge is -2.44. The predicted octanol–water partition coefficient (Wildman–Crippen LogP) is 5.26. The lowest BCUT2D eigenvalue weighted by molar-refractivity contribution is 0.166. The van der Waals surface area contributed by atoms with Crippen molar-refractivity contribution in [3.05, 3.63) is 35.4 Å². The van der Waals surface area contributed by atoms with Crippen LogP contribution in [0.1, 0.15) is 76.5 Å². The lowest BCUT2D eigenvalue weighted by Crippen LogP contribution is -2.44. The van der Waals surface area contributed by atoms with Gasteiger partial charge in [-0.1, -0.05) is 64.3 Å². The summed E-state index contributed by atoms with van der Waals surface area (Å²) in [5.41, 5.74) is 3.50. The summed E-state index contributed by atoms with van der Waals surface area (Å²) in [7, 11) is 0. The number of hydrogen-bond acceptors (Lipinski definition) is 1. The monoisotopic (exact) mass is 285 g/mol. The van der Waals surface area contributed by atoms with Crippen LogP contribution < -0.4 is 5.32 Å². The third kappa shape index (κ3) is 3.18. The molecule has 0 aromatic heterocycles. The molecule has 3 atom stereocenters. The van der Waals surface area contributed by atoms with Crippen molar-refractivity contribution in [3.63, 3.8) is 0 Å². The van der Waals surface area contributed by atoms with Crippen LogP contribution in [0.4, 0.5) is 0 Å². The molecule has 0 heterocycles. The molecule has 0 spiro atoms. The van der Waals surface area contributed by atoms with E-state index in [1.807, 2.05) is 0 Å². The van der Waals surface area contributed by atoms with Crippen LogP contribution in [0.5, 0.6) is 0 Å². The van der Waals surface area contributed by atoms with Crippen molar-refractivity contribution in [2.24, 2.45) is 11.3 Å². The lowest BCUT2D eigenvalue weighted by atomic mass is 9.69. The smallest absolute Gasteiger partial charge is 0.0376 e. The molecular weight excluding hydrogens is 254 g/mol. The van der Waals surface area contributed by atoms with E-state index in [0.717, 1.165) is 12.0 Å². The Morgan fingerprint density at radius 2 is 2.00 bits per heavy atom. The van der Waals surface area contributed by atoms with Gasteiger partial charge in [-0.25, -0.2) is 0 Å². The minimum atomic E-state index is 0.369. The fraction of sp³-hybridized carbons (Fsp3) is 0.700. The summed E-state index contributed by atoms with van der Waals surface area (Å²) in [6, 6.07) is 10.3. The fourth-order valence-corrected chi connectivity index (χ4v) is 4.43. The van der Waals surface area contributed by atoms with Gasteiger partial charge in [-0.2, -0.15) is 0 Å². The summed E-state index contributed by atoms with van der Waals surface area (Å²) in [5.74, 6) is 0.943. The van der Waals surface area contributed by atoms with E-state index >= 15 is 0 Å². The van der Waals surface area contributed by atoms with Crippen LogP contribution in [0.15, 0.2) is 24.3 Å².